The molecule has 2 aliphatic heterocycles. The lowest BCUT2D eigenvalue weighted by molar-refractivity contribution is -0.134. The minimum Gasteiger partial charge on any atom is -0.356 e. The first-order chi connectivity index (χ1) is 9.06. The van der Waals surface area contributed by atoms with E-state index in [2.05, 4.69) is 57.8 Å². The Labute approximate surface area is 120 Å². The highest BCUT2D eigenvalue weighted by atomic mass is 16.6. The Morgan fingerprint density at radius 2 is 1.85 bits per heavy atom. The number of carbonyl (C=O) groups is 1. The number of fused-ring (bicyclic) bond motifs is 1. The van der Waals surface area contributed by atoms with E-state index >= 15 is 0 Å². The molecule has 110 valence electrons. The molecule has 20 heavy (non-hydrogen) atoms. The lowest BCUT2D eigenvalue weighted by atomic mass is 9.56. The second-order valence-electron chi connectivity index (χ2n) is 8.32. The summed E-state index contributed by atoms with van der Waals surface area (Å²) in [5.41, 5.74) is -0.692. The Morgan fingerprint density at radius 3 is 2.30 bits per heavy atom. The van der Waals surface area contributed by atoms with E-state index in [1.165, 1.54) is 0 Å². The third-order valence-electron chi connectivity index (χ3n) is 4.94. The highest BCUT2D eigenvalue weighted by Crippen LogP contribution is 2.58. The molecular formula is C16H24N2O2. The molecular weight excluding hydrogens is 252 g/mol. The summed E-state index contributed by atoms with van der Waals surface area (Å²) >= 11 is 0. The SMILES string of the molecule is CC(C)(C)C1=C[C@@H]2CN=N[C@@]2(C(C)(C)C)C(=O)[C@@]12CO2. The van der Waals surface area contributed by atoms with Gasteiger partial charge in [0, 0.05) is 5.92 Å². The molecule has 3 atom stereocenters. The maximum Gasteiger partial charge on any atom is 0.201 e. The quantitative estimate of drug-likeness (QED) is 0.504. The Kier molecular flexibility index (Phi) is 2.50. The molecule has 0 unspecified atom stereocenters. The van der Waals surface area contributed by atoms with Crippen molar-refractivity contribution in [3.8, 4) is 0 Å². The third kappa shape index (κ3) is 1.49. The van der Waals surface area contributed by atoms with Crippen LogP contribution in [0, 0.1) is 16.7 Å². The molecule has 1 saturated heterocycles. The van der Waals surface area contributed by atoms with Crippen LogP contribution in [0.4, 0.5) is 0 Å². The average molecular weight is 276 g/mol. The normalized spacial score (nSPS) is 40.0. The molecule has 0 aromatic heterocycles. The summed E-state index contributed by atoms with van der Waals surface area (Å²) in [4.78, 5) is 13.3. The summed E-state index contributed by atoms with van der Waals surface area (Å²) in [6.07, 6.45) is 2.24. The maximum absolute atomic E-state index is 13.3. The fourth-order valence-electron chi connectivity index (χ4n) is 3.86. The van der Waals surface area contributed by atoms with Crippen LogP contribution in [0.1, 0.15) is 41.5 Å². The van der Waals surface area contributed by atoms with Crippen molar-refractivity contribution in [2.75, 3.05) is 13.2 Å². The Balaban J connectivity index is 2.20. The minimum atomic E-state index is -0.752. The molecule has 1 spiro atoms. The summed E-state index contributed by atoms with van der Waals surface area (Å²) in [7, 11) is 0. The van der Waals surface area contributed by atoms with Crippen LogP contribution in [0.3, 0.4) is 0 Å². The third-order valence-corrected chi connectivity index (χ3v) is 4.94. The number of carbonyl (C=O) groups excluding carboxylic acids is 1. The van der Waals surface area contributed by atoms with E-state index < -0.39 is 11.1 Å². The number of hydrogen-bond donors (Lipinski definition) is 0. The first-order valence-corrected chi connectivity index (χ1v) is 7.36. The van der Waals surface area contributed by atoms with Crippen LogP contribution in [-0.2, 0) is 9.53 Å². The van der Waals surface area contributed by atoms with Crippen molar-refractivity contribution >= 4 is 5.78 Å². The van der Waals surface area contributed by atoms with Crippen LogP contribution in [0.15, 0.2) is 21.9 Å². The van der Waals surface area contributed by atoms with Crippen LogP contribution in [0.2, 0.25) is 0 Å². The number of ketones is 1. The average Bonchev–Trinajstić information content (AvgIpc) is 2.92. The van der Waals surface area contributed by atoms with Crippen molar-refractivity contribution in [1.82, 2.24) is 0 Å². The molecule has 0 amide bonds. The summed E-state index contributed by atoms with van der Waals surface area (Å²) in [5.74, 6) is 0.190. The smallest absolute Gasteiger partial charge is 0.201 e. The van der Waals surface area contributed by atoms with E-state index in [4.69, 9.17) is 4.74 Å². The maximum atomic E-state index is 13.3. The predicted molar refractivity (Wildman–Crippen MR) is 76.6 cm³/mol. The van der Waals surface area contributed by atoms with Crippen molar-refractivity contribution in [2.24, 2.45) is 27.0 Å². The van der Waals surface area contributed by atoms with Crippen LogP contribution in [0.5, 0.6) is 0 Å². The number of ether oxygens (including phenoxy) is 1. The fraction of sp³-hybridized carbons (Fsp3) is 0.812. The van der Waals surface area contributed by atoms with Gasteiger partial charge in [0.2, 0.25) is 5.78 Å². The molecule has 1 aliphatic carbocycles. The van der Waals surface area contributed by atoms with E-state index in [1.54, 1.807) is 0 Å². The van der Waals surface area contributed by atoms with Crippen LogP contribution >= 0.6 is 0 Å². The van der Waals surface area contributed by atoms with Gasteiger partial charge in [-0.05, 0) is 16.4 Å². The van der Waals surface area contributed by atoms with Gasteiger partial charge in [-0.1, -0.05) is 47.6 Å². The second kappa shape index (κ2) is 3.59. The number of Topliss-reactive ketones (excluding diaryl/α,β-unsaturated/α-hetero) is 1. The predicted octanol–water partition coefficient (Wildman–Crippen LogP) is 3.18. The van der Waals surface area contributed by atoms with Gasteiger partial charge in [-0.15, -0.1) is 0 Å². The monoisotopic (exact) mass is 276 g/mol. The molecule has 4 nitrogen and oxygen atoms in total. The number of rotatable bonds is 0. The van der Waals surface area contributed by atoms with Gasteiger partial charge in [-0.3, -0.25) is 4.79 Å². The second-order valence-corrected chi connectivity index (χ2v) is 8.32. The largest absolute Gasteiger partial charge is 0.356 e. The molecule has 0 radical (unpaired) electrons. The van der Waals surface area contributed by atoms with Gasteiger partial charge >= 0.3 is 0 Å². The molecule has 2 heterocycles. The summed E-state index contributed by atoms with van der Waals surface area (Å²) < 4.78 is 5.70. The van der Waals surface area contributed by atoms with Gasteiger partial charge in [0.1, 0.15) is 0 Å². The van der Waals surface area contributed by atoms with Gasteiger partial charge < -0.3 is 4.74 Å². The summed E-state index contributed by atoms with van der Waals surface area (Å²) in [5, 5.41) is 8.68. The zero-order chi connectivity index (χ0) is 15.0. The molecule has 0 saturated carbocycles. The van der Waals surface area contributed by atoms with Gasteiger partial charge in [0.05, 0.1) is 13.2 Å². The molecule has 4 heteroatoms. The fourth-order valence-corrected chi connectivity index (χ4v) is 3.86. The standard InChI is InChI=1S/C16H24N2O2/c1-13(2,3)11-7-10-8-17-18-16(10,14(4,5)6)12(19)15(11)9-20-15/h7,10H,8-9H2,1-6H3/t10-,15-,16-/m1/s1. The lowest BCUT2D eigenvalue weighted by Gasteiger charge is -2.46. The number of hydrogen-bond acceptors (Lipinski definition) is 4. The van der Waals surface area contributed by atoms with Crippen LogP contribution < -0.4 is 0 Å². The van der Waals surface area contributed by atoms with Gasteiger partial charge in [0.15, 0.2) is 11.1 Å². The number of nitrogens with zero attached hydrogens (tertiary/aromatic N) is 2. The van der Waals surface area contributed by atoms with E-state index in [0.29, 0.717) is 13.2 Å². The Bertz CT molecular complexity index is 530. The Morgan fingerprint density at radius 1 is 1.25 bits per heavy atom. The summed E-state index contributed by atoms with van der Waals surface area (Å²) in [6.45, 7) is 13.8. The summed E-state index contributed by atoms with van der Waals surface area (Å²) in [6, 6.07) is 0. The van der Waals surface area contributed by atoms with Gasteiger partial charge in [-0.25, -0.2) is 0 Å². The molecule has 3 rings (SSSR count). The zero-order valence-electron chi connectivity index (χ0n) is 13.3. The molecule has 0 aromatic rings. The number of azo groups is 1. The minimum absolute atomic E-state index is 0.0686. The first-order valence-electron chi connectivity index (χ1n) is 7.36. The molecule has 0 N–H and O–H groups in total. The lowest BCUT2D eigenvalue weighted by Crippen LogP contribution is -2.61. The van der Waals surface area contributed by atoms with Gasteiger partial charge in [0.25, 0.3) is 0 Å². The molecule has 3 aliphatic rings. The number of epoxide rings is 1. The Hall–Kier alpha value is -1.03. The van der Waals surface area contributed by atoms with E-state index in [1.807, 2.05) is 0 Å². The van der Waals surface area contributed by atoms with Crippen molar-refractivity contribution < 1.29 is 9.53 Å². The molecule has 0 aromatic carbocycles. The van der Waals surface area contributed by atoms with Crippen molar-refractivity contribution in [3.63, 3.8) is 0 Å². The van der Waals surface area contributed by atoms with E-state index in [9.17, 15) is 4.79 Å². The van der Waals surface area contributed by atoms with Gasteiger partial charge in [-0.2, -0.15) is 10.2 Å². The van der Waals surface area contributed by atoms with Crippen molar-refractivity contribution in [2.45, 2.75) is 52.7 Å². The first kappa shape index (κ1) is 13.9. The van der Waals surface area contributed by atoms with Crippen LogP contribution in [0.25, 0.3) is 0 Å². The molecule has 1 fully saturated rings. The van der Waals surface area contributed by atoms with Crippen molar-refractivity contribution in [1.29, 1.82) is 0 Å². The van der Waals surface area contributed by atoms with E-state index in [-0.39, 0.29) is 22.5 Å². The van der Waals surface area contributed by atoms with Crippen LogP contribution in [-0.4, -0.2) is 30.1 Å². The van der Waals surface area contributed by atoms with E-state index in [0.717, 1.165) is 5.57 Å². The van der Waals surface area contributed by atoms with Crippen molar-refractivity contribution in [3.05, 3.63) is 11.6 Å². The zero-order valence-corrected chi connectivity index (χ0v) is 13.3. The molecule has 0 bridgehead atoms. The topological polar surface area (TPSA) is 54.3 Å². The highest BCUT2D eigenvalue weighted by Gasteiger charge is 2.71. The highest BCUT2D eigenvalue weighted by molar-refractivity contribution is 6.03.